The molecule has 0 saturated carbocycles. The lowest BCUT2D eigenvalue weighted by atomic mass is 9.78. The van der Waals surface area contributed by atoms with Crippen LogP contribution in [0.1, 0.15) is 68.2 Å². The highest BCUT2D eigenvalue weighted by molar-refractivity contribution is 4.73. The predicted octanol–water partition coefficient (Wildman–Crippen LogP) is 4.49. The Hall–Kier alpha value is -0.0400. The van der Waals surface area contributed by atoms with E-state index in [1.807, 2.05) is 27.7 Å². The Morgan fingerprint density at radius 1 is 1.07 bits per heavy atom. The molecule has 1 unspecified atom stereocenters. The van der Waals surface area contributed by atoms with E-state index in [1.165, 1.54) is 12.8 Å². The van der Waals surface area contributed by atoms with Gasteiger partial charge in [0.1, 0.15) is 0 Å². The van der Waals surface area contributed by atoms with E-state index in [0.717, 1.165) is 0 Å². The van der Waals surface area contributed by atoms with Crippen molar-refractivity contribution in [2.75, 3.05) is 6.61 Å². The minimum absolute atomic E-state index is 0.107. The Labute approximate surface area is 91.9 Å². The van der Waals surface area contributed by atoms with Crippen molar-refractivity contribution < 1.29 is 5.11 Å². The summed E-state index contributed by atoms with van der Waals surface area (Å²) in [5, 5.41) is 8.99. The second kappa shape index (κ2) is 13.0. The van der Waals surface area contributed by atoms with Crippen molar-refractivity contribution >= 4 is 0 Å². The number of hydrogen-bond donors (Lipinski definition) is 1. The summed E-state index contributed by atoms with van der Waals surface area (Å²) in [7, 11) is 0. The quantitative estimate of drug-likeness (QED) is 0.715. The van der Waals surface area contributed by atoms with Gasteiger partial charge in [0, 0.05) is 6.61 Å². The average molecular weight is 204 g/mol. The van der Waals surface area contributed by atoms with Gasteiger partial charge in [-0.15, -0.1) is 0 Å². The Bertz CT molecular complexity index is 87.2. The van der Waals surface area contributed by atoms with E-state index in [1.54, 1.807) is 0 Å². The SMILES string of the molecule is CC.CC.CCCC(C)C(C)(C)CO. The second-order valence-electron chi connectivity index (χ2n) is 3.84. The van der Waals surface area contributed by atoms with Gasteiger partial charge in [0.15, 0.2) is 0 Å². The maximum Gasteiger partial charge on any atom is 0.0484 e. The van der Waals surface area contributed by atoms with Gasteiger partial charge < -0.3 is 5.11 Å². The third kappa shape index (κ3) is 10.0. The molecular formula is C13H32O. The molecule has 0 aromatic rings. The second-order valence-corrected chi connectivity index (χ2v) is 3.84. The minimum Gasteiger partial charge on any atom is -0.396 e. The zero-order chi connectivity index (χ0) is 12.2. The van der Waals surface area contributed by atoms with Gasteiger partial charge >= 0.3 is 0 Å². The highest BCUT2D eigenvalue weighted by Crippen LogP contribution is 2.28. The highest BCUT2D eigenvalue weighted by atomic mass is 16.3. The van der Waals surface area contributed by atoms with E-state index in [9.17, 15) is 0 Å². The molecule has 1 heteroatoms. The van der Waals surface area contributed by atoms with Gasteiger partial charge in [-0.25, -0.2) is 0 Å². The number of aliphatic hydroxyl groups is 1. The molecule has 1 nitrogen and oxygen atoms in total. The minimum atomic E-state index is 0.107. The largest absolute Gasteiger partial charge is 0.396 e. The Balaban J connectivity index is -0.000000266. The highest BCUT2D eigenvalue weighted by Gasteiger charge is 2.23. The fourth-order valence-corrected chi connectivity index (χ4v) is 0.980. The van der Waals surface area contributed by atoms with Gasteiger partial charge in [-0.2, -0.15) is 0 Å². The topological polar surface area (TPSA) is 20.2 Å². The zero-order valence-electron chi connectivity index (χ0n) is 11.6. The molecule has 0 rings (SSSR count). The van der Waals surface area contributed by atoms with Gasteiger partial charge in [0.2, 0.25) is 0 Å². The normalized spacial score (nSPS) is 11.8. The van der Waals surface area contributed by atoms with E-state index < -0.39 is 0 Å². The van der Waals surface area contributed by atoms with Crippen molar-refractivity contribution in [2.24, 2.45) is 11.3 Å². The molecule has 0 spiro atoms. The Kier molecular flexibility index (Phi) is 18.1. The fourth-order valence-electron chi connectivity index (χ4n) is 0.980. The van der Waals surface area contributed by atoms with Crippen molar-refractivity contribution in [3.8, 4) is 0 Å². The Morgan fingerprint density at radius 3 is 1.64 bits per heavy atom. The molecule has 0 fully saturated rings. The first-order chi connectivity index (χ1) is 6.54. The molecule has 0 bridgehead atoms. The van der Waals surface area contributed by atoms with Gasteiger partial charge in [-0.3, -0.25) is 0 Å². The molecule has 0 aliphatic heterocycles. The lowest BCUT2D eigenvalue weighted by Crippen LogP contribution is -2.25. The van der Waals surface area contributed by atoms with Crippen molar-refractivity contribution in [1.29, 1.82) is 0 Å². The molecule has 0 aliphatic rings. The molecule has 1 N–H and O–H groups in total. The van der Waals surface area contributed by atoms with E-state index in [4.69, 9.17) is 5.11 Å². The lowest BCUT2D eigenvalue weighted by Gasteiger charge is -2.29. The van der Waals surface area contributed by atoms with Gasteiger partial charge in [-0.1, -0.05) is 68.2 Å². The summed E-state index contributed by atoms with van der Waals surface area (Å²) >= 11 is 0. The van der Waals surface area contributed by atoms with Crippen LogP contribution in [-0.2, 0) is 0 Å². The van der Waals surface area contributed by atoms with Crippen LogP contribution in [0, 0.1) is 11.3 Å². The monoisotopic (exact) mass is 204 g/mol. The van der Waals surface area contributed by atoms with Crippen molar-refractivity contribution in [3.63, 3.8) is 0 Å². The first-order valence-corrected chi connectivity index (χ1v) is 6.15. The standard InChI is InChI=1S/C9H20O.2C2H6/c1-5-6-8(2)9(3,4)7-10;2*1-2/h8,10H,5-7H2,1-4H3;2*1-2H3. The molecule has 0 aromatic heterocycles. The summed E-state index contributed by atoms with van der Waals surface area (Å²) in [6.07, 6.45) is 2.43. The van der Waals surface area contributed by atoms with Crippen LogP contribution < -0.4 is 0 Å². The number of aliphatic hydroxyl groups excluding tert-OH is 1. The van der Waals surface area contributed by atoms with E-state index in [2.05, 4.69) is 27.7 Å². The molecule has 0 heterocycles. The molecule has 14 heavy (non-hydrogen) atoms. The first-order valence-electron chi connectivity index (χ1n) is 6.15. The van der Waals surface area contributed by atoms with Gasteiger partial charge in [0.25, 0.3) is 0 Å². The fraction of sp³-hybridized carbons (Fsp3) is 1.00. The predicted molar refractivity (Wildman–Crippen MR) is 67.6 cm³/mol. The van der Waals surface area contributed by atoms with Crippen molar-refractivity contribution in [2.45, 2.75) is 68.2 Å². The van der Waals surface area contributed by atoms with E-state index in [0.29, 0.717) is 12.5 Å². The number of rotatable bonds is 4. The summed E-state index contributed by atoms with van der Waals surface area (Å²) in [5.74, 6) is 0.627. The molecule has 0 saturated heterocycles. The summed E-state index contributed by atoms with van der Waals surface area (Å²) in [6.45, 7) is 16.9. The molecule has 0 amide bonds. The van der Waals surface area contributed by atoms with Crippen LogP contribution in [0.4, 0.5) is 0 Å². The lowest BCUT2D eigenvalue weighted by molar-refractivity contribution is 0.0997. The van der Waals surface area contributed by atoms with Crippen molar-refractivity contribution in [1.82, 2.24) is 0 Å². The first kappa shape index (κ1) is 19.5. The molecule has 0 radical (unpaired) electrons. The molecule has 0 aliphatic carbocycles. The van der Waals surface area contributed by atoms with Crippen molar-refractivity contribution in [3.05, 3.63) is 0 Å². The summed E-state index contributed by atoms with van der Waals surface area (Å²) in [5.41, 5.74) is 0.107. The van der Waals surface area contributed by atoms with Crippen LogP contribution in [0.5, 0.6) is 0 Å². The van der Waals surface area contributed by atoms with Crippen LogP contribution in [0.15, 0.2) is 0 Å². The van der Waals surface area contributed by atoms with E-state index in [-0.39, 0.29) is 5.41 Å². The van der Waals surface area contributed by atoms with Crippen LogP contribution in [0.25, 0.3) is 0 Å². The molecule has 1 atom stereocenters. The van der Waals surface area contributed by atoms with Gasteiger partial charge in [-0.05, 0) is 11.3 Å². The average Bonchev–Trinajstić information content (AvgIpc) is 2.24. The van der Waals surface area contributed by atoms with Crippen LogP contribution >= 0.6 is 0 Å². The smallest absolute Gasteiger partial charge is 0.0484 e. The summed E-state index contributed by atoms with van der Waals surface area (Å²) < 4.78 is 0. The van der Waals surface area contributed by atoms with Crippen LogP contribution in [0.2, 0.25) is 0 Å². The third-order valence-electron chi connectivity index (χ3n) is 2.46. The van der Waals surface area contributed by atoms with Crippen LogP contribution in [-0.4, -0.2) is 11.7 Å². The van der Waals surface area contributed by atoms with Crippen LogP contribution in [0.3, 0.4) is 0 Å². The summed E-state index contributed by atoms with van der Waals surface area (Å²) in [4.78, 5) is 0. The number of hydrogen-bond acceptors (Lipinski definition) is 1. The molecule has 90 valence electrons. The van der Waals surface area contributed by atoms with E-state index >= 15 is 0 Å². The third-order valence-corrected chi connectivity index (χ3v) is 2.46. The molecule has 0 aromatic carbocycles. The maximum atomic E-state index is 8.99. The maximum absolute atomic E-state index is 8.99. The summed E-state index contributed by atoms with van der Waals surface area (Å²) in [6, 6.07) is 0. The Morgan fingerprint density at radius 2 is 1.43 bits per heavy atom. The zero-order valence-corrected chi connectivity index (χ0v) is 11.6. The van der Waals surface area contributed by atoms with Gasteiger partial charge in [0.05, 0.1) is 0 Å². The molecular weight excluding hydrogens is 172 g/mol.